The van der Waals surface area contributed by atoms with E-state index in [-0.39, 0.29) is 11.5 Å². The third kappa shape index (κ3) is 4.53. The van der Waals surface area contributed by atoms with E-state index in [4.69, 9.17) is 4.74 Å². The maximum absolute atomic E-state index is 11.8. The number of amides is 1. The second-order valence-electron chi connectivity index (χ2n) is 4.95. The fourth-order valence-corrected chi connectivity index (χ4v) is 2.17. The van der Waals surface area contributed by atoms with Crippen molar-refractivity contribution in [3.63, 3.8) is 0 Å². The number of halogens is 1. The van der Waals surface area contributed by atoms with Gasteiger partial charge < -0.3 is 15.0 Å². The summed E-state index contributed by atoms with van der Waals surface area (Å²) in [4.78, 5) is 37.4. The Balaban J connectivity index is 1.89. The molecule has 0 spiro atoms. The van der Waals surface area contributed by atoms with Gasteiger partial charge in [-0.1, -0.05) is 22.0 Å². The summed E-state index contributed by atoms with van der Waals surface area (Å²) in [5.41, 5.74) is 2.15. The SMILES string of the molecule is CC(=O)c1c[nH]c(C(=O)OCC(=O)Nc2ccc(C)c(Br)c2)c1. The Hall–Kier alpha value is -2.41. The van der Waals surface area contributed by atoms with Crippen LogP contribution in [0.1, 0.15) is 33.3 Å². The van der Waals surface area contributed by atoms with Gasteiger partial charge in [0.25, 0.3) is 5.91 Å². The van der Waals surface area contributed by atoms with Gasteiger partial charge in [0.2, 0.25) is 0 Å². The molecule has 1 aromatic heterocycles. The van der Waals surface area contributed by atoms with Gasteiger partial charge in [0.15, 0.2) is 12.4 Å². The Morgan fingerprint density at radius 2 is 2.00 bits per heavy atom. The van der Waals surface area contributed by atoms with Crippen LogP contribution in [0.15, 0.2) is 34.9 Å². The van der Waals surface area contributed by atoms with Crippen LogP contribution >= 0.6 is 15.9 Å². The molecule has 0 saturated heterocycles. The minimum absolute atomic E-state index is 0.126. The Kier molecular flexibility index (Phi) is 5.33. The third-order valence-corrected chi connectivity index (χ3v) is 3.95. The van der Waals surface area contributed by atoms with Gasteiger partial charge in [-0.25, -0.2) is 4.79 Å². The van der Waals surface area contributed by atoms with Crippen LogP contribution in [0.5, 0.6) is 0 Å². The van der Waals surface area contributed by atoms with Crippen molar-refractivity contribution in [2.75, 3.05) is 11.9 Å². The molecule has 0 aliphatic rings. The molecule has 0 aliphatic heterocycles. The lowest BCUT2D eigenvalue weighted by molar-refractivity contribution is -0.119. The summed E-state index contributed by atoms with van der Waals surface area (Å²) in [5.74, 6) is -1.31. The van der Waals surface area contributed by atoms with Gasteiger partial charge in [0.05, 0.1) is 0 Å². The van der Waals surface area contributed by atoms with E-state index in [9.17, 15) is 14.4 Å². The molecule has 1 heterocycles. The number of benzene rings is 1. The number of rotatable bonds is 5. The minimum Gasteiger partial charge on any atom is -0.451 e. The fraction of sp³-hybridized carbons (Fsp3) is 0.188. The molecule has 2 rings (SSSR count). The number of aryl methyl sites for hydroxylation is 1. The Morgan fingerprint density at radius 1 is 1.26 bits per heavy atom. The maximum atomic E-state index is 11.8. The highest BCUT2D eigenvalue weighted by Crippen LogP contribution is 2.20. The third-order valence-electron chi connectivity index (χ3n) is 3.10. The second-order valence-corrected chi connectivity index (χ2v) is 5.80. The zero-order valence-corrected chi connectivity index (χ0v) is 14.2. The number of esters is 1. The van der Waals surface area contributed by atoms with Crippen LogP contribution in [0.2, 0.25) is 0 Å². The number of hydrogen-bond donors (Lipinski definition) is 2. The fourth-order valence-electron chi connectivity index (χ4n) is 1.79. The number of ketones is 1. The van der Waals surface area contributed by atoms with E-state index in [0.29, 0.717) is 11.3 Å². The molecule has 1 amide bonds. The summed E-state index contributed by atoms with van der Waals surface area (Å²) in [5, 5.41) is 2.63. The van der Waals surface area contributed by atoms with E-state index in [1.54, 1.807) is 12.1 Å². The number of aromatic nitrogens is 1. The van der Waals surface area contributed by atoms with E-state index in [1.807, 2.05) is 13.0 Å². The molecule has 0 aliphatic carbocycles. The zero-order valence-electron chi connectivity index (χ0n) is 12.6. The summed E-state index contributed by atoms with van der Waals surface area (Å²) in [7, 11) is 0. The lowest BCUT2D eigenvalue weighted by Gasteiger charge is -2.07. The summed E-state index contributed by atoms with van der Waals surface area (Å²) in [6.07, 6.45) is 1.42. The van der Waals surface area contributed by atoms with E-state index >= 15 is 0 Å². The number of carbonyl (C=O) groups excluding carboxylic acids is 3. The standard InChI is InChI=1S/C16H15BrN2O4/c1-9-3-4-12(6-13(9)17)19-15(21)8-23-16(22)14-5-11(7-18-14)10(2)20/h3-7,18H,8H2,1-2H3,(H,19,21). The van der Waals surface area contributed by atoms with Crippen LogP contribution in [0.25, 0.3) is 0 Å². The number of nitrogens with one attached hydrogen (secondary N) is 2. The first-order valence-electron chi connectivity index (χ1n) is 6.79. The minimum atomic E-state index is -0.697. The lowest BCUT2D eigenvalue weighted by atomic mass is 10.2. The predicted octanol–water partition coefficient (Wildman–Crippen LogP) is 3.08. The van der Waals surface area contributed by atoms with Crippen LogP contribution in [-0.2, 0) is 9.53 Å². The molecular formula is C16H15BrN2O4. The summed E-state index contributed by atoms with van der Waals surface area (Å²) in [6, 6.07) is 6.76. The molecule has 0 fully saturated rings. The highest BCUT2D eigenvalue weighted by Gasteiger charge is 2.14. The van der Waals surface area contributed by atoms with Gasteiger partial charge in [-0.05, 0) is 37.6 Å². The molecule has 6 nitrogen and oxygen atoms in total. The van der Waals surface area contributed by atoms with Gasteiger partial charge in [-0.15, -0.1) is 0 Å². The molecule has 7 heteroatoms. The first-order valence-corrected chi connectivity index (χ1v) is 7.58. The van der Waals surface area contributed by atoms with Gasteiger partial charge in [-0.3, -0.25) is 9.59 Å². The van der Waals surface area contributed by atoms with E-state index < -0.39 is 18.5 Å². The van der Waals surface area contributed by atoms with Crippen molar-refractivity contribution in [1.29, 1.82) is 0 Å². The monoisotopic (exact) mass is 378 g/mol. The largest absolute Gasteiger partial charge is 0.451 e. The topological polar surface area (TPSA) is 88.3 Å². The van der Waals surface area contributed by atoms with Crippen molar-refractivity contribution in [3.8, 4) is 0 Å². The normalized spacial score (nSPS) is 10.2. The zero-order chi connectivity index (χ0) is 17.0. The molecule has 23 heavy (non-hydrogen) atoms. The number of aromatic amines is 1. The van der Waals surface area contributed by atoms with Crippen LogP contribution < -0.4 is 5.32 Å². The molecule has 0 unspecified atom stereocenters. The average Bonchev–Trinajstić information content (AvgIpc) is 2.99. The number of carbonyl (C=O) groups is 3. The number of ether oxygens (including phenoxy) is 1. The number of hydrogen-bond acceptors (Lipinski definition) is 4. The van der Waals surface area contributed by atoms with Crippen molar-refractivity contribution in [3.05, 3.63) is 51.8 Å². The van der Waals surface area contributed by atoms with E-state index in [1.165, 1.54) is 19.2 Å². The molecule has 0 atom stereocenters. The first kappa shape index (κ1) is 17.0. The van der Waals surface area contributed by atoms with Gasteiger partial charge in [-0.2, -0.15) is 0 Å². The second kappa shape index (κ2) is 7.23. The summed E-state index contributed by atoms with van der Waals surface area (Å²) < 4.78 is 5.77. The average molecular weight is 379 g/mol. The van der Waals surface area contributed by atoms with Gasteiger partial charge >= 0.3 is 5.97 Å². The molecule has 0 radical (unpaired) electrons. The molecule has 2 aromatic rings. The molecular weight excluding hydrogens is 364 g/mol. The number of Topliss-reactive ketones (excluding diaryl/α,β-unsaturated/α-hetero) is 1. The van der Waals surface area contributed by atoms with Crippen LogP contribution in [0.3, 0.4) is 0 Å². The first-order chi connectivity index (χ1) is 10.9. The van der Waals surface area contributed by atoms with Crippen molar-refractivity contribution < 1.29 is 19.1 Å². The van der Waals surface area contributed by atoms with Crippen LogP contribution in [0.4, 0.5) is 5.69 Å². The smallest absolute Gasteiger partial charge is 0.355 e. The van der Waals surface area contributed by atoms with Crippen LogP contribution in [-0.4, -0.2) is 29.3 Å². The van der Waals surface area contributed by atoms with Gasteiger partial charge in [0, 0.05) is 21.9 Å². The quantitative estimate of drug-likeness (QED) is 0.617. The summed E-state index contributed by atoms with van der Waals surface area (Å²) >= 11 is 3.37. The van der Waals surface area contributed by atoms with E-state index in [2.05, 4.69) is 26.2 Å². The molecule has 0 bridgehead atoms. The highest BCUT2D eigenvalue weighted by molar-refractivity contribution is 9.10. The Labute approximate surface area is 141 Å². The van der Waals surface area contributed by atoms with Gasteiger partial charge in [0.1, 0.15) is 5.69 Å². The number of anilines is 1. The predicted molar refractivity (Wildman–Crippen MR) is 88.6 cm³/mol. The van der Waals surface area contributed by atoms with Crippen molar-refractivity contribution in [2.45, 2.75) is 13.8 Å². The Bertz CT molecular complexity index is 767. The molecule has 0 saturated carbocycles. The Morgan fingerprint density at radius 3 is 2.61 bits per heavy atom. The lowest BCUT2D eigenvalue weighted by Crippen LogP contribution is -2.21. The number of H-pyrrole nitrogens is 1. The van der Waals surface area contributed by atoms with E-state index in [0.717, 1.165) is 10.0 Å². The molecule has 1 aromatic carbocycles. The molecule has 120 valence electrons. The van der Waals surface area contributed by atoms with Crippen molar-refractivity contribution in [1.82, 2.24) is 4.98 Å². The maximum Gasteiger partial charge on any atom is 0.355 e. The highest BCUT2D eigenvalue weighted by atomic mass is 79.9. The van der Waals surface area contributed by atoms with Crippen LogP contribution in [0, 0.1) is 6.92 Å². The van der Waals surface area contributed by atoms with Crippen molar-refractivity contribution >= 4 is 39.3 Å². The van der Waals surface area contributed by atoms with Crippen molar-refractivity contribution in [2.24, 2.45) is 0 Å². The summed E-state index contributed by atoms with van der Waals surface area (Å²) in [6.45, 7) is 2.91. The molecule has 2 N–H and O–H groups in total.